The average molecular weight is 364 g/mol. The van der Waals surface area contributed by atoms with Crippen LogP contribution in [0.2, 0.25) is 0 Å². The lowest BCUT2D eigenvalue weighted by atomic mass is 10.1. The van der Waals surface area contributed by atoms with Crippen molar-refractivity contribution < 1.29 is 44.6 Å². The van der Waals surface area contributed by atoms with E-state index in [1.54, 1.807) is 0 Å². The Balaban J connectivity index is 1.88. The molecule has 0 saturated carbocycles. The van der Waals surface area contributed by atoms with Gasteiger partial charge in [-0.3, -0.25) is 0 Å². The molecule has 0 radical (unpaired) electrons. The molecule has 0 bridgehead atoms. The number of aryl methyl sites for hydroxylation is 1. The Hall–Kier alpha value is -3.62. The van der Waals surface area contributed by atoms with Crippen LogP contribution < -0.4 is 0 Å². The van der Waals surface area contributed by atoms with E-state index < -0.39 is 34.9 Å². The number of benzene rings is 2. The Morgan fingerprint density at radius 1 is 0.731 bits per heavy atom. The molecule has 0 unspecified atom stereocenters. The molecular formula is C17H16O9. The summed E-state index contributed by atoms with van der Waals surface area (Å²) in [6.45, 7) is 0.896. The van der Waals surface area contributed by atoms with E-state index in [1.807, 2.05) is 0 Å². The van der Waals surface area contributed by atoms with Crippen LogP contribution in [-0.4, -0.2) is 50.7 Å². The van der Waals surface area contributed by atoms with E-state index in [9.17, 15) is 35.1 Å². The van der Waals surface area contributed by atoms with Crippen LogP contribution in [0.3, 0.4) is 0 Å². The highest BCUT2D eigenvalue weighted by atomic mass is 16.6. The maximum absolute atomic E-state index is 11.9. The van der Waals surface area contributed by atoms with Crippen molar-refractivity contribution in [2.45, 2.75) is 6.92 Å². The van der Waals surface area contributed by atoms with Crippen molar-refractivity contribution in [2.75, 3.05) is 13.2 Å². The van der Waals surface area contributed by atoms with Crippen LogP contribution in [0.1, 0.15) is 26.3 Å². The molecule has 0 saturated heterocycles. The summed E-state index contributed by atoms with van der Waals surface area (Å²) in [6, 6.07) is 4.18. The molecular weight excluding hydrogens is 348 g/mol. The molecule has 0 spiro atoms. The summed E-state index contributed by atoms with van der Waals surface area (Å²) in [4.78, 5) is 23.6. The number of carbonyl (C=O) groups is 2. The molecule has 2 aromatic carbocycles. The first-order valence-corrected chi connectivity index (χ1v) is 7.32. The van der Waals surface area contributed by atoms with Crippen LogP contribution in [0.5, 0.6) is 28.7 Å². The van der Waals surface area contributed by atoms with Gasteiger partial charge in [0.25, 0.3) is 0 Å². The Bertz CT molecular complexity index is 740. The minimum atomic E-state index is -0.912. The molecule has 0 aliphatic carbocycles. The second-order valence-electron chi connectivity index (χ2n) is 5.30. The number of hydrogen-bond acceptors (Lipinski definition) is 9. The fourth-order valence-electron chi connectivity index (χ4n) is 2.04. The first kappa shape index (κ1) is 18.7. The van der Waals surface area contributed by atoms with Crippen LogP contribution in [0.25, 0.3) is 0 Å². The molecule has 0 fully saturated rings. The van der Waals surface area contributed by atoms with Gasteiger partial charge < -0.3 is 35.0 Å². The summed E-state index contributed by atoms with van der Waals surface area (Å²) < 4.78 is 9.70. The lowest BCUT2D eigenvalue weighted by molar-refractivity contribution is 0.0265. The first-order chi connectivity index (χ1) is 12.2. The molecule has 0 aliphatic rings. The molecule has 0 heterocycles. The van der Waals surface area contributed by atoms with E-state index in [2.05, 4.69) is 0 Å². The predicted molar refractivity (Wildman–Crippen MR) is 86.5 cm³/mol. The van der Waals surface area contributed by atoms with E-state index in [0.717, 1.165) is 18.2 Å². The first-order valence-electron chi connectivity index (χ1n) is 7.32. The monoisotopic (exact) mass is 364 g/mol. The molecule has 2 aromatic rings. The number of rotatable bonds is 5. The molecule has 2 rings (SSSR count). The van der Waals surface area contributed by atoms with Crippen LogP contribution in [-0.2, 0) is 9.47 Å². The maximum Gasteiger partial charge on any atom is 0.338 e. The number of hydrogen-bond donors (Lipinski definition) is 5. The molecule has 0 atom stereocenters. The molecule has 138 valence electrons. The minimum absolute atomic E-state index is 0.0116. The Labute approximate surface area is 147 Å². The summed E-state index contributed by atoms with van der Waals surface area (Å²) in [6.07, 6.45) is 0. The smallest absolute Gasteiger partial charge is 0.338 e. The molecule has 5 N–H and O–H groups in total. The Morgan fingerprint density at radius 2 is 1.12 bits per heavy atom. The molecule has 9 nitrogen and oxygen atoms in total. The highest BCUT2D eigenvalue weighted by molar-refractivity contribution is 5.91. The third-order valence-electron chi connectivity index (χ3n) is 3.37. The second-order valence-corrected chi connectivity index (χ2v) is 5.30. The Kier molecular flexibility index (Phi) is 5.41. The van der Waals surface area contributed by atoms with E-state index in [4.69, 9.17) is 9.47 Å². The van der Waals surface area contributed by atoms with Crippen LogP contribution in [0, 0.1) is 6.92 Å². The quantitative estimate of drug-likeness (QED) is 0.302. The predicted octanol–water partition coefficient (Wildman–Crippen LogP) is 1.54. The standard InChI is InChI=1S/C17H16O9/c1-8-4-9(5-11(18)14(8)21)16(23)25-2-3-26-17(24)10-6-12(19)15(22)13(20)7-10/h4-7,18-22H,2-3H2,1H3. The third kappa shape index (κ3) is 4.07. The summed E-state index contributed by atoms with van der Waals surface area (Å²) in [5, 5.41) is 46.8. The third-order valence-corrected chi connectivity index (χ3v) is 3.37. The van der Waals surface area contributed by atoms with Crippen molar-refractivity contribution in [3.05, 3.63) is 41.0 Å². The summed E-state index contributed by atoms with van der Waals surface area (Å²) in [7, 11) is 0. The van der Waals surface area contributed by atoms with Gasteiger partial charge in [-0.25, -0.2) is 9.59 Å². The highest BCUT2D eigenvalue weighted by Crippen LogP contribution is 2.35. The van der Waals surface area contributed by atoms with E-state index in [0.29, 0.717) is 0 Å². The van der Waals surface area contributed by atoms with Crippen molar-refractivity contribution in [2.24, 2.45) is 0 Å². The van der Waals surface area contributed by atoms with Crippen molar-refractivity contribution >= 4 is 11.9 Å². The number of phenols is 5. The van der Waals surface area contributed by atoms with Gasteiger partial charge in [-0.15, -0.1) is 0 Å². The van der Waals surface area contributed by atoms with E-state index >= 15 is 0 Å². The van der Waals surface area contributed by atoms with Gasteiger partial charge in [0.1, 0.15) is 13.2 Å². The fraction of sp³-hybridized carbons (Fsp3) is 0.176. The number of esters is 2. The summed E-state index contributed by atoms with van der Waals surface area (Å²) in [5.41, 5.74) is 0.0936. The zero-order chi connectivity index (χ0) is 19.4. The molecule has 9 heteroatoms. The second kappa shape index (κ2) is 7.51. The van der Waals surface area contributed by atoms with Gasteiger partial charge in [0.15, 0.2) is 28.7 Å². The normalized spacial score (nSPS) is 10.3. The summed E-state index contributed by atoms with van der Waals surface area (Å²) >= 11 is 0. The van der Waals surface area contributed by atoms with Crippen LogP contribution in [0.15, 0.2) is 24.3 Å². The lowest BCUT2D eigenvalue weighted by Crippen LogP contribution is -2.14. The molecule has 0 amide bonds. The van der Waals surface area contributed by atoms with E-state index in [1.165, 1.54) is 13.0 Å². The zero-order valence-corrected chi connectivity index (χ0v) is 13.6. The van der Waals surface area contributed by atoms with Crippen LogP contribution in [0.4, 0.5) is 0 Å². The van der Waals surface area contributed by atoms with Crippen LogP contribution >= 0.6 is 0 Å². The number of phenolic OH excluding ortho intramolecular Hbond substituents is 5. The van der Waals surface area contributed by atoms with Gasteiger partial charge in [-0.2, -0.15) is 0 Å². The fourth-order valence-corrected chi connectivity index (χ4v) is 2.04. The van der Waals surface area contributed by atoms with Gasteiger partial charge in [0, 0.05) is 0 Å². The topological polar surface area (TPSA) is 154 Å². The van der Waals surface area contributed by atoms with Crippen molar-refractivity contribution in [3.63, 3.8) is 0 Å². The minimum Gasteiger partial charge on any atom is -0.504 e. The summed E-state index contributed by atoms with van der Waals surface area (Å²) in [5.74, 6) is -4.64. The van der Waals surface area contributed by atoms with Gasteiger partial charge >= 0.3 is 11.9 Å². The van der Waals surface area contributed by atoms with Crippen molar-refractivity contribution in [1.29, 1.82) is 0 Å². The van der Waals surface area contributed by atoms with Crippen molar-refractivity contribution in [1.82, 2.24) is 0 Å². The number of carbonyl (C=O) groups excluding carboxylic acids is 2. The highest BCUT2D eigenvalue weighted by Gasteiger charge is 2.16. The van der Waals surface area contributed by atoms with Gasteiger partial charge in [0.05, 0.1) is 11.1 Å². The number of aromatic hydroxyl groups is 5. The maximum atomic E-state index is 11.9. The molecule has 0 aliphatic heterocycles. The van der Waals surface area contributed by atoms with E-state index in [-0.39, 0.29) is 35.7 Å². The molecule has 0 aromatic heterocycles. The largest absolute Gasteiger partial charge is 0.504 e. The Morgan fingerprint density at radius 3 is 1.54 bits per heavy atom. The molecule has 26 heavy (non-hydrogen) atoms. The number of ether oxygens (including phenoxy) is 2. The van der Waals surface area contributed by atoms with Gasteiger partial charge in [-0.1, -0.05) is 0 Å². The zero-order valence-electron chi connectivity index (χ0n) is 13.6. The van der Waals surface area contributed by atoms with Gasteiger partial charge in [0.2, 0.25) is 0 Å². The average Bonchev–Trinajstić information content (AvgIpc) is 2.59. The van der Waals surface area contributed by atoms with Gasteiger partial charge in [-0.05, 0) is 36.8 Å². The lowest BCUT2D eigenvalue weighted by Gasteiger charge is -2.09. The van der Waals surface area contributed by atoms with Crippen molar-refractivity contribution in [3.8, 4) is 28.7 Å². The SMILES string of the molecule is Cc1cc(C(=O)OCCOC(=O)c2cc(O)c(O)c(O)c2)cc(O)c1O.